The van der Waals surface area contributed by atoms with Gasteiger partial charge in [-0.15, -0.1) is 0 Å². The Labute approximate surface area is 171 Å². The molecule has 2 N–H and O–H groups in total. The van der Waals surface area contributed by atoms with Crippen molar-refractivity contribution in [1.29, 1.82) is 0 Å². The molecule has 1 heterocycles. The van der Waals surface area contributed by atoms with Crippen molar-refractivity contribution in [3.8, 4) is 0 Å². The summed E-state index contributed by atoms with van der Waals surface area (Å²) in [6.07, 6.45) is 0.871. The van der Waals surface area contributed by atoms with Gasteiger partial charge in [0.05, 0.1) is 5.69 Å². The lowest BCUT2D eigenvalue weighted by atomic mass is 10.2. The van der Waals surface area contributed by atoms with Gasteiger partial charge in [0.1, 0.15) is 15.9 Å². The van der Waals surface area contributed by atoms with Crippen LogP contribution >= 0.6 is 18.6 Å². The summed E-state index contributed by atoms with van der Waals surface area (Å²) < 4.78 is 1.32. The molecule has 28 heavy (non-hydrogen) atoms. The minimum Gasteiger partial charge on any atom is -0.375 e. The highest BCUT2D eigenvalue weighted by Crippen LogP contribution is 2.56. The van der Waals surface area contributed by atoms with Gasteiger partial charge in [0.2, 0.25) is 0 Å². The summed E-state index contributed by atoms with van der Waals surface area (Å²) in [5, 5.41) is 4.68. The first-order chi connectivity index (χ1) is 13.7. The van der Waals surface area contributed by atoms with Crippen molar-refractivity contribution in [2.24, 2.45) is 0 Å². The van der Waals surface area contributed by atoms with E-state index >= 15 is 0 Å². The van der Waals surface area contributed by atoms with E-state index in [1.54, 1.807) is 11.3 Å². The van der Waals surface area contributed by atoms with Crippen molar-refractivity contribution in [3.05, 3.63) is 96.2 Å². The van der Waals surface area contributed by atoms with Crippen LogP contribution in [-0.2, 0) is 6.42 Å². The molecule has 0 unspecified atom stereocenters. The van der Waals surface area contributed by atoms with Crippen molar-refractivity contribution in [1.82, 2.24) is 4.98 Å². The number of nitrogen functional groups attached to an aromatic ring is 1. The van der Waals surface area contributed by atoms with Crippen LogP contribution in [-0.4, -0.2) is 4.98 Å². The molecule has 0 fully saturated rings. The van der Waals surface area contributed by atoms with E-state index in [0.29, 0.717) is 5.13 Å². The van der Waals surface area contributed by atoms with Crippen LogP contribution in [0.15, 0.2) is 84.9 Å². The maximum Gasteiger partial charge on any atom is 0.187 e. The standard InChI is InChI=1S/C24H24N2PS/c1-3-22-23(28-24(25)26-22)27(19-12-6-4-7-13-19,20-14-8-5-9-15-20)21-16-10-11-18(2)17-21/h4-17H,3H2,1-2H3,(H2,25,26)/q+1. The predicted molar refractivity (Wildman–Crippen MR) is 125 cm³/mol. The minimum atomic E-state index is -2.09. The largest absolute Gasteiger partial charge is 0.375 e. The van der Waals surface area contributed by atoms with Crippen LogP contribution < -0.4 is 26.3 Å². The average molecular weight is 404 g/mol. The lowest BCUT2D eigenvalue weighted by molar-refractivity contribution is 1.08. The molecule has 3 aromatic carbocycles. The molecule has 0 aliphatic carbocycles. The maximum atomic E-state index is 6.24. The molecule has 2 nitrogen and oxygen atoms in total. The van der Waals surface area contributed by atoms with Gasteiger partial charge in [-0.2, -0.15) is 0 Å². The Bertz CT molecular complexity index is 1030. The summed E-state index contributed by atoms with van der Waals surface area (Å²) in [6.45, 7) is 4.33. The first-order valence-electron chi connectivity index (χ1n) is 9.49. The second-order valence-electron chi connectivity index (χ2n) is 6.84. The third-order valence-electron chi connectivity index (χ3n) is 5.01. The van der Waals surface area contributed by atoms with E-state index in [0.717, 1.165) is 12.1 Å². The molecular formula is C24H24N2PS+. The van der Waals surface area contributed by atoms with Crippen molar-refractivity contribution in [2.75, 3.05) is 5.73 Å². The summed E-state index contributed by atoms with van der Waals surface area (Å²) in [5.41, 5.74) is 8.62. The molecule has 4 aromatic rings. The molecule has 0 aliphatic heterocycles. The third kappa shape index (κ3) is 3.15. The van der Waals surface area contributed by atoms with E-state index in [-0.39, 0.29) is 0 Å². The van der Waals surface area contributed by atoms with Gasteiger partial charge in [0, 0.05) is 0 Å². The van der Waals surface area contributed by atoms with E-state index in [1.165, 1.54) is 26.1 Å². The number of aryl methyl sites for hydroxylation is 2. The molecule has 0 aliphatic rings. The van der Waals surface area contributed by atoms with E-state index in [9.17, 15) is 0 Å². The fourth-order valence-electron chi connectivity index (χ4n) is 3.79. The van der Waals surface area contributed by atoms with Gasteiger partial charge in [-0.3, -0.25) is 0 Å². The Hall–Kier alpha value is -2.48. The summed E-state index contributed by atoms with van der Waals surface area (Å²) in [6, 6.07) is 30.7. The number of nitrogens with zero attached hydrogens (tertiary/aromatic N) is 1. The van der Waals surface area contributed by atoms with E-state index in [1.807, 2.05) is 0 Å². The number of rotatable bonds is 5. The molecule has 0 bridgehead atoms. The Morgan fingerprint density at radius 3 is 1.93 bits per heavy atom. The Morgan fingerprint density at radius 2 is 1.39 bits per heavy atom. The summed E-state index contributed by atoms with van der Waals surface area (Å²) in [4.78, 5) is 4.72. The van der Waals surface area contributed by atoms with Gasteiger partial charge >= 0.3 is 0 Å². The first-order valence-corrected chi connectivity index (χ1v) is 12.1. The topological polar surface area (TPSA) is 38.9 Å². The summed E-state index contributed by atoms with van der Waals surface area (Å²) in [5.74, 6) is 0. The van der Waals surface area contributed by atoms with Crippen molar-refractivity contribution in [2.45, 2.75) is 20.3 Å². The zero-order valence-corrected chi connectivity index (χ0v) is 17.9. The Kier molecular flexibility index (Phi) is 5.30. The van der Waals surface area contributed by atoms with Crippen molar-refractivity contribution in [3.63, 3.8) is 0 Å². The van der Waals surface area contributed by atoms with Crippen LogP contribution in [0.3, 0.4) is 0 Å². The number of aromatic nitrogens is 1. The van der Waals surface area contributed by atoms with Gasteiger partial charge in [-0.25, -0.2) is 4.98 Å². The van der Waals surface area contributed by atoms with Crippen LogP contribution in [0.4, 0.5) is 5.13 Å². The van der Waals surface area contributed by atoms with E-state index in [4.69, 9.17) is 10.7 Å². The summed E-state index contributed by atoms with van der Waals surface area (Å²) >= 11 is 1.65. The first kappa shape index (κ1) is 18.9. The van der Waals surface area contributed by atoms with Gasteiger partial charge in [0.15, 0.2) is 17.0 Å². The SMILES string of the molecule is CCc1nc(N)sc1[P+](c1ccccc1)(c1ccccc1)c1cccc(C)c1. The fourth-order valence-corrected chi connectivity index (χ4v) is 10.4. The molecule has 0 atom stereocenters. The fraction of sp³-hybridized carbons (Fsp3) is 0.125. The molecule has 0 amide bonds. The minimum absolute atomic E-state index is 0.649. The molecule has 140 valence electrons. The van der Waals surface area contributed by atoms with Crippen LogP contribution in [0.25, 0.3) is 0 Å². The molecule has 1 aromatic heterocycles. The smallest absolute Gasteiger partial charge is 0.187 e. The predicted octanol–water partition coefficient (Wildman–Crippen LogP) is 4.22. The van der Waals surface area contributed by atoms with Crippen LogP contribution in [0.1, 0.15) is 18.2 Å². The average Bonchev–Trinajstić information content (AvgIpc) is 3.11. The number of hydrogen-bond acceptors (Lipinski definition) is 3. The van der Waals surface area contributed by atoms with Gasteiger partial charge in [-0.1, -0.05) is 66.8 Å². The normalized spacial score (nSPS) is 11.5. The van der Waals surface area contributed by atoms with Gasteiger partial charge in [-0.05, 0) is 55.3 Å². The van der Waals surface area contributed by atoms with E-state index in [2.05, 4.69) is 98.8 Å². The number of nitrogens with two attached hydrogens (primary N) is 1. The van der Waals surface area contributed by atoms with Crippen LogP contribution in [0.2, 0.25) is 0 Å². The quantitative estimate of drug-likeness (QED) is 0.507. The monoisotopic (exact) mass is 403 g/mol. The second-order valence-corrected chi connectivity index (χ2v) is 11.5. The summed E-state index contributed by atoms with van der Waals surface area (Å²) in [7, 11) is -2.09. The van der Waals surface area contributed by atoms with Crippen LogP contribution in [0.5, 0.6) is 0 Å². The molecular weight excluding hydrogens is 379 g/mol. The van der Waals surface area contributed by atoms with Crippen molar-refractivity contribution >= 4 is 44.3 Å². The highest BCUT2D eigenvalue weighted by molar-refractivity contribution is 8.04. The number of hydrogen-bond donors (Lipinski definition) is 1. The third-order valence-corrected chi connectivity index (χ3v) is 10.9. The zero-order chi connectivity index (χ0) is 19.6. The van der Waals surface area contributed by atoms with E-state index < -0.39 is 7.26 Å². The maximum absolute atomic E-state index is 6.24. The number of thiazole rings is 1. The number of benzene rings is 3. The molecule has 0 saturated carbocycles. The van der Waals surface area contributed by atoms with Gasteiger partial charge in [0.25, 0.3) is 0 Å². The zero-order valence-electron chi connectivity index (χ0n) is 16.2. The van der Waals surface area contributed by atoms with Crippen LogP contribution in [0, 0.1) is 6.92 Å². The number of anilines is 1. The molecule has 4 rings (SSSR count). The highest BCUT2D eigenvalue weighted by Gasteiger charge is 2.51. The Balaban J connectivity index is 2.18. The second kappa shape index (κ2) is 7.87. The molecule has 0 spiro atoms. The Morgan fingerprint density at radius 1 is 0.821 bits per heavy atom. The van der Waals surface area contributed by atoms with Gasteiger partial charge < -0.3 is 5.73 Å². The molecule has 4 heteroatoms. The molecule has 0 radical (unpaired) electrons. The lowest BCUT2D eigenvalue weighted by Crippen LogP contribution is -2.38. The lowest BCUT2D eigenvalue weighted by Gasteiger charge is -2.26. The molecule has 0 saturated heterocycles. The highest BCUT2D eigenvalue weighted by atomic mass is 32.1. The van der Waals surface area contributed by atoms with Crippen molar-refractivity contribution < 1.29 is 0 Å².